The highest BCUT2D eigenvalue weighted by atomic mass is 32.1. The SMILES string of the molecule is N=C(N)NCCC[C@H](NC(=O)C1(OC(=O)C(F)(F)F)CCCC1)C(=O)c1nc2ccccc2s1. The zero-order chi connectivity index (χ0) is 24.9. The normalized spacial score (nSPS) is 16.1. The van der Waals surface area contributed by atoms with Crippen molar-refractivity contribution >= 4 is 45.2 Å². The van der Waals surface area contributed by atoms with E-state index in [1.807, 2.05) is 0 Å². The summed E-state index contributed by atoms with van der Waals surface area (Å²) in [6.45, 7) is 0.239. The number of nitrogens with two attached hydrogens (primary N) is 1. The van der Waals surface area contributed by atoms with Crippen molar-refractivity contribution < 1.29 is 32.3 Å². The molecule has 0 unspecified atom stereocenters. The van der Waals surface area contributed by atoms with Crippen LogP contribution in [-0.4, -0.2) is 53.0 Å². The average Bonchev–Trinajstić information content (AvgIpc) is 3.42. The lowest BCUT2D eigenvalue weighted by atomic mass is 9.98. The number of nitrogens with zero attached hydrogens (tertiary/aromatic N) is 1. The Labute approximate surface area is 196 Å². The molecule has 1 amide bonds. The van der Waals surface area contributed by atoms with Crippen LogP contribution in [0.3, 0.4) is 0 Å². The highest BCUT2D eigenvalue weighted by Crippen LogP contribution is 2.36. The number of guanidine groups is 1. The van der Waals surface area contributed by atoms with Gasteiger partial charge in [-0.3, -0.25) is 15.0 Å². The van der Waals surface area contributed by atoms with Gasteiger partial charge in [0.15, 0.2) is 16.6 Å². The van der Waals surface area contributed by atoms with Crippen LogP contribution in [-0.2, 0) is 14.3 Å². The second kappa shape index (κ2) is 10.4. The molecule has 2 aromatic rings. The van der Waals surface area contributed by atoms with E-state index in [1.54, 1.807) is 24.3 Å². The number of esters is 1. The second-order valence-electron chi connectivity index (χ2n) is 7.95. The molecule has 1 aliphatic carbocycles. The van der Waals surface area contributed by atoms with E-state index in [4.69, 9.17) is 11.1 Å². The number of fused-ring (bicyclic) bond motifs is 1. The van der Waals surface area contributed by atoms with Crippen LogP contribution in [0.2, 0.25) is 0 Å². The van der Waals surface area contributed by atoms with Gasteiger partial charge in [-0.25, -0.2) is 9.78 Å². The minimum Gasteiger partial charge on any atom is -0.442 e. The van der Waals surface area contributed by atoms with Crippen molar-refractivity contribution in [2.45, 2.75) is 56.3 Å². The monoisotopic (exact) mass is 499 g/mol. The summed E-state index contributed by atoms with van der Waals surface area (Å²) in [5.41, 5.74) is 3.86. The van der Waals surface area contributed by atoms with E-state index in [9.17, 15) is 27.6 Å². The lowest BCUT2D eigenvalue weighted by Crippen LogP contribution is -2.54. The van der Waals surface area contributed by atoms with Crippen LogP contribution in [0.5, 0.6) is 0 Å². The van der Waals surface area contributed by atoms with Crippen molar-refractivity contribution in [3.8, 4) is 0 Å². The van der Waals surface area contributed by atoms with Gasteiger partial charge in [-0.1, -0.05) is 12.1 Å². The standard InChI is InChI=1S/C21H24F3N5O4S/c22-21(23,24)18(32)33-20(9-3-4-10-20)17(31)29-13(7-5-11-27-19(25)26)15(30)16-28-12-6-1-2-8-14(12)34-16/h1-2,6,8,13H,3-5,7,9-11H2,(H,29,31)(H4,25,26,27)/t13-/m0/s1. The zero-order valence-electron chi connectivity index (χ0n) is 18.0. The molecule has 0 saturated heterocycles. The number of ketones is 1. The van der Waals surface area contributed by atoms with Crippen LogP contribution >= 0.6 is 11.3 Å². The van der Waals surface area contributed by atoms with E-state index >= 15 is 0 Å². The molecule has 3 rings (SSSR count). The summed E-state index contributed by atoms with van der Waals surface area (Å²) in [5, 5.41) is 12.4. The number of para-hydroxylation sites is 1. The van der Waals surface area contributed by atoms with Gasteiger partial charge in [-0.2, -0.15) is 13.2 Å². The number of ether oxygens (including phenoxy) is 1. The molecule has 1 aromatic carbocycles. The van der Waals surface area contributed by atoms with E-state index in [0.717, 1.165) is 16.0 Å². The fraction of sp³-hybridized carbons (Fsp3) is 0.476. The average molecular weight is 500 g/mol. The van der Waals surface area contributed by atoms with Crippen LogP contribution in [0, 0.1) is 5.41 Å². The number of alkyl halides is 3. The van der Waals surface area contributed by atoms with Gasteiger partial charge in [-0.15, -0.1) is 11.3 Å². The molecule has 0 bridgehead atoms. The number of Topliss-reactive ketones (excluding diaryl/α,β-unsaturated/α-hetero) is 1. The Kier molecular flexibility index (Phi) is 7.75. The molecule has 34 heavy (non-hydrogen) atoms. The van der Waals surface area contributed by atoms with Gasteiger partial charge in [0, 0.05) is 6.54 Å². The number of hydrogen-bond acceptors (Lipinski definition) is 7. The summed E-state index contributed by atoms with van der Waals surface area (Å²) in [6, 6.07) is 5.96. The predicted molar refractivity (Wildman–Crippen MR) is 118 cm³/mol. The molecule has 0 spiro atoms. The van der Waals surface area contributed by atoms with Gasteiger partial charge in [0.05, 0.1) is 16.3 Å². The fourth-order valence-corrected chi connectivity index (χ4v) is 4.73. The molecule has 9 nitrogen and oxygen atoms in total. The van der Waals surface area contributed by atoms with Crippen LogP contribution in [0.25, 0.3) is 10.2 Å². The molecule has 1 saturated carbocycles. The second-order valence-corrected chi connectivity index (χ2v) is 8.98. The number of rotatable bonds is 9. The van der Waals surface area contributed by atoms with Gasteiger partial charge < -0.3 is 21.1 Å². The van der Waals surface area contributed by atoms with Gasteiger partial charge >= 0.3 is 12.1 Å². The molecule has 0 aliphatic heterocycles. The fourth-order valence-electron chi connectivity index (χ4n) is 3.77. The predicted octanol–water partition coefficient (Wildman–Crippen LogP) is 2.65. The molecule has 184 valence electrons. The van der Waals surface area contributed by atoms with Crippen molar-refractivity contribution in [2.24, 2.45) is 5.73 Å². The summed E-state index contributed by atoms with van der Waals surface area (Å²) in [7, 11) is 0. The van der Waals surface area contributed by atoms with E-state index in [1.165, 1.54) is 0 Å². The van der Waals surface area contributed by atoms with E-state index in [2.05, 4.69) is 20.4 Å². The molecule has 0 radical (unpaired) electrons. The molecule has 1 atom stereocenters. The third-order valence-corrected chi connectivity index (χ3v) is 6.51. The maximum absolute atomic E-state index is 13.2. The number of benzene rings is 1. The topological polar surface area (TPSA) is 147 Å². The number of hydrogen-bond donors (Lipinski definition) is 4. The van der Waals surface area contributed by atoms with E-state index < -0.39 is 35.5 Å². The molecular weight excluding hydrogens is 475 g/mol. The number of nitrogens with one attached hydrogen (secondary N) is 3. The first-order valence-electron chi connectivity index (χ1n) is 10.6. The number of halogens is 3. The van der Waals surface area contributed by atoms with Gasteiger partial charge in [0.2, 0.25) is 5.78 Å². The quantitative estimate of drug-likeness (QED) is 0.136. The largest absolute Gasteiger partial charge is 0.490 e. The maximum atomic E-state index is 13.2. The Balaban J connectivity index is 1.81. The molecule has 1 aliphatic rings. The van der Waals surface area contributed by atoms with Gasteiger partial charge in [0.25, 0.3) is 5.91 Å². The smallest absolute Gasteiger partial charge is 0.442 e. The Morgan fingerprint density at radius 3 is 2.53 bits per heavy atom. The summed E-state index contributed by atoms with van der Waals surface area (Å²) >= 11 is 1.13. The first kappa shape index (κ1) is 25.4. The Bertz CT molecular complexity index is 1050. The maximum Gasteiger partial charge on any atom is 0.490 e. The van der Waals surface area contributed by atoms with Crippen molar-refractivity contribution in [1.82, 2.24) is 15.6 Å². The Morgan fingerprint density at radius 1 is 1.24 bits per heavy atom. The van der Waals surface area contributed by atoms with Crippen LogP contribution in [0.1, 0.15) is 48.3 Å². The summed E-state index contributed by atoms with van der Waals surface area (Å²) in [4.78, 5) is 42.1. The van der Waals surface area contributed by atoms with E-state index in [-0.39, 0.29) is 36.8 Å². The molecule has 13 heteroatoms. The zero-order valence-corrected chi connectivity index (χ0v) is 18.9. The summed E-state index contributed by atoms with van der Waals surface area (Å²) in [5.74, 6) is -4.15. The molecule has 5 N–H and O–H groups in total. The molecule has 1 aromatic heterocycles. The minimum atomic E-state index is -5.25. The van der Waals surface area contributed by atoms with Crippen LogP contribution in [0.4, 0.5) is 13.2 Å². The lowest BCUT2D eigenvalue weighted by Gasteiger charge is -2.30. The Morgan fingerprint density at radius 2 is 1.91 bits per heavy atom. The summed E-state index contributed by atoms with van der Waals surface area (Å²) in [6.07, 6.45) is -4.18. The minimum absolute atomic E-state index is 0.0748. The van der Waals surface area contributed by atoms with Gasteiger partial charge in [0.1, 0.15) is 0 Å². The van der Waals surface area contributed by atoms with E-state index in [0.29, 0.717) is 24.8 Å². The molecule has 1 fully saturated rings. The Hall–Kier alpha value is -3.22. The molecule has 1 heterocycles. The first-order chi connectivity index (χ1) is 16.0. The number of aromatic nitrogens is 1. The number of carbonyl (C=O) groups is 3. The van der Waals surface area contributed by atoms with Crippen molar-refractivity contribution in [3.05, 3.63) is 29.3 Å². The highest BCUT2D eigenvalue weighted by molar-refractivity contribution is 7.20. The van der Waals surface area contributed by atoms with Crippen molar-refractivity contribution in [3.63, 3.8) is 0 Å². The number of amides is 1. The van der Waals surface area contributed by atoms with Crippen molar-refractivity contribution in [1.29, 1.82) is 5.41 Å². The lowest BCUT2D eigenvalue weighted by molar-refractivity contribution is -0.214. The highest BCUT2D eigenvalue weighted by Gasteiger charge is 2.51. The van der Waals surface area contributed by atoms with Crippen LogP contribution < -0.4 is 16.4 Å². The van der Waals surface area contributed by atoms with Crippen LogP contribution in [0.15, 0.2) is 24.3 Å². The first-order valence-corrected chi connectivity index (χ1v) is 11.4. The third kappa shape index (κ3) is 6.01. The van der Waals surface area contributed by atoms with Crippen molar-refractivity contribution in [2.75, 3.05) is 6.54 Å². The number of thiazole rings is 1. The summed E-state index contributed by atoms with van der Waals surface area (Å²) < 4.78 is 43.9. The third-order valence-electron chi connectivity index (χ3n) is 5.46. The van der Waals surface area contributed by atoms with Gasteiger partial charge in [-0.05, 0) is 50.7 Å². The molecular formula is C21H24F3N5O4S. The number of carbonyl (C=O) groups excluding carboxylic acids is 3.